The van der Waals surface area contributed by atoms with E-state index in [4.69, 9.17) is 0 Å². The van der Waals surface area contributed by atoms with Crippen LogP contribution in [0.5, 0.6) is 0 Å². The van der Waals surface area contributed by atoms with Crippen LogP contribution in [0.15, 0.2) is 29.7 Å². The lowest BCUT2D eigenvalue weighted by molar-refractivity contribution is 0.372. The molecule has 0 bridgehead atoms. The van der Waals surface area contributed by atoms with Gasteiger partial charge in [-0.1, -0.05) is 12.1 Å². The Kier molecular flexibility index (Phi) is 5.25. The van der Waals surface area contributed by atoms with Gasteiger partial charge in [-0.3, -0.25) is 4.21 Å². The minimum Gasteiger partial charge on any atom is -0.255 e. The number of rotatable bonds is 4. The Morgan fingerprint density at radius 1 is 0.783 bits per heavy atom. The van der Waals surface area contributed by atoms with Gasteiger partial charge in [0.25, 0.3) is 0 Å². The Balaban J connectivity index is 2.22. The van der Waals surface area contributed by atoms with Gasteiger partial charge in [0.05, 0.1) is 16.6 Å². The molecular weight excluding hydrogens is 342 g/mol. The zero-order chi connectivity index (χ0) is 17.1. The summed E-state index contributed by atoms with van der Waals surface area (Å²) in [5.74, 6) is -11.8. The van der Waals surface area contributed by atoms with Crippen LogP contribution in [0.2, 0.25) is 0 Å². The number of halogens is 6. The van der Waals surface area contributed by atoms with Crippen molar-refractivity contribution < 1.29 is 30.6 Å². The largest absolute Gasteiger partial charge is 0.255 e. The molecular formula is C15H8F6OS. The van der Waals surface area contributed by atoms with Crippen molar-refractivity contribution in [3.8, 4) is 0 Å². The fraction of sp³-hybridized carbons (Fsp3) is 0.0667. The van der Waals surface area contributed by atoms with Crippen molar-refractivity contribution in [2.45, 2.75) is 5.75 Å². The van der Waals surface area contributed by atoms with Crippen LogP contribution in [0, 0.1) is 34.9 Å². The van der Waals surface area contributed by atoms with Gasteiger partial charge in [-0.05, 0) is 23.8 Å². The number of hydrogen-bond donors (Lipinski definition) is 0. The molecule has 0 heterocycles. The highest BCUT2D eigenvalue weighted by atomic mass is 32.2. The number of hydrogen-bond acceptors (Lipinski definition) is 1. The summed E-state index contributed by atoms with van der Waals surface area (Å²) >= 11 is 0. The maximum absolute atomic E-state index is 13.4. The van der Waals surface area contributed by atoms with Crippen LogP contribution in [0.1, 0.15) is 11.1 Å². The highest BCUT2D eigenvalue weighted by molar-refractivity contribution is 7.87. The molecule has 1 nitrogen and oxygen atoms in total. The molecule has 0 aliphatic rings. The van der Waals surface area contributed by atoms with Gasteiger partial charge in [-0.15, -0.1) is 0 Å². The fourth-order valence-electron chi connectivity index (χ4n) is 1.70. The lowest BCUT2D eigenvalue weighted by Gasteiger charge is -2.06. The molecule has 0 fully saturated rings. The van der Waals surface area contributed by atoms with Crippen molar-refractivity contribution in [3.63, 3.8) is 0 Å². The molecule has 2 rings (SSSR count). The Hall–Kier alpha value is -2.09. The first-order chi connectivity index (χ1) is 10.8. The molecule has 0 N–H and O–H groups in total. The summed E-state index contributed by atoms with van der Waals surface area (Å²) in [4.78, 5) is 0. The summed E-state index contributed by atoms with van der Waals surface area (Å²) < 4.78 is 90.3. The van der Waals surface area contributed by atoms with Gasteiger partial charge in [0, 0.05) is 11.0 Å². The van der Waals surface area contributed by atoms with Gasteiger partial charge in [-0.2, -0.15) is 0 Å². The maximum atomic E-state index is 13.4. The van der Waals surface area contributed by atoms with Gasteiger partial charge in [-0.25, -0.2) is 26.3 Å². The summed E-state index contributed by atoms with van der Waals surface area (Å²) in [6, 6.07) is 5.02. The van der Waals surface area contributed by atoms with E-state index in [1.165, 1.54) is 18.2 Å². The summed E-state index contributed by atoms with van der Waals surface area (Å²) in [7, 11) is -2.03. The van der Waals surface area contributed by atoms with E-state index in [1.54, 1.807) is 0 Å². The average molecular weight is 350 g/mol. The molecule has 23 heavy (non-hydrogen) atoms. The molecule has 122 valence electrons. The van der Waals surface area contributed by atoms with Gasteiger partial charge >= 0.3 is 0 Å². The van der Waals surface area contributed by atoms with E-state index in [0.29, 0.717) is 5.56 Å². The zero-order valence-electron chi connectivity index (χ0n) is 11.3. The maximum Gasteiger partial charge on any atom is 0.200 e. The van der Waals surface area contributed by atoms with Crippen molar-refractivity contribution in [2.24, 2.45) is 0 Å². The predicted molar refractivity (Wildman–Crippen MR) is 73.5 cm³/mol. The van der Waals surface area contributed by atoms with Gasteiger partial charge < -0.3 is 0 Å². The third-order valence-electron chi connectivity index (χ3n) is 2.87. The van der Waals surface area contributed by atoms with Crippen LogP contribution in [0.4, 0.5) is 26.3 Å². The average Bonchev–Trinajstić information content (AvgIpc) is 2.54. The Labute approximate surface area is 129 Å². The minimum absolute atomic E-state index is 0.456. The topological polar surface area (TPSA) is 17.1 Å². The van der Waals surface area contributed by atoms with E-state index in [1.807, 2.05) is 0 Å². The molecule has 1 atom stereocenters. The lowest BCUT2D eigenvalue weighted by Crippen LogP contribution is -2.08. The molecule has 0 amide bonds. The first-order valence-electron chi connectivity index (χ1n) is 6.12. The van der Waals surface area contributed by atoms with Crippen molar-refractivity contribution in [1.29, 1.82) is 0 Å². The lowest BCUT2D eigenvalue weighted by atomic mass is 10.2. The smallest absolute Gasteiger partial charge is 0.200 e. The first kappa shape index (κ1) is 17.3. The third kappa shape index (κ3) is 3.82. The summed E-state index contributed by atoms with van der Waals surface area (Å²) in [6.45, 7) is 0. The SMILES string of the molecule is O=S(/C=C/c1ccc(F)cc1)Cc1c(F)c(F)c(F)c(F)c1F. The number of benzene rings is 2. The minimum atomic E-state index is -2.27. The van der Waals surface area contributed by atoms with E-state index in [-0.39, 0.29) is 0 Å². The Bertz CT molecular complexity index is 757. The molecule has 2 aromatic rings. The molecule has 0 aliphatic carbocycles. The molecule has 1 unspecified atom stereocenters. The highest BCUT2D eigenvalue weighted by Crippen LogP contribution is 2.24. The molecule has 8 heteroatoms. The summed E-state index contributed by atoms with van der Waals surface area (Å²) in [6.07, 6.45) is 1.28. The van der Waals surface area contributed by atoms with Crippen LogP contribution >= 0.6 is 0 Å². The normalized spacial score (nSPS) is 12.8. The molecule has 0 aromatic heterocycles. The summed E-state index contributed by atoms with van der Waals surface area (Å²) in [5.41, 5.74) is -0.694. The van der Waals surface area contributed by atoms with Crippen molar-refractivity contribution in [2.75, 3.05) is 0 Å². The van der Waals surface area contributed by atoms with Gasteiger partial charge in [0.2, 0.25) is 5.82 Å². The molecule has 0 radical (unpaired) electrons. The van der Waals surface area contributed by atoms with Crippen LogP contribution < -0.4 is 0 Å². The Morgan fingerprint density at radius 3 is 1.78 bits per heavy atom. The van der Waals surface area contributed by atoms with Crippen LogP contribution in [0.25, 0.3) is 6.08 Å². The second kappa shape index (κ2) is 6.99. The fourth-order valence-corrected chi connectivity index (χ4v) is 2.64. The van der Waals surface area contributed by atoms with Crippen molar-refractivity contribution >= 4 is 16.9 Å². The molecule has 0 spiro atoms. The third-order valence-corrected chi connectivity index (χ3v) is 3.88. The second-order valence-electron chi connectivity index (χ2n) is 4.43. The van der Waals surface area contributed by atoms with Gasteiger partial charge in [0.1, 0.15) is 5.82 Å². The van der Waals surface area contributed by atoms with E-state index < -0.39 is 57.0 Å². The predicted octanol–water partition coefficient (Wildman–Crippen LogP) is 4.44. The van der Waals surface area contributed by atoms with Crippen molar-refractivity contribution in [1.82, 2.24) is 0 Å². The molecule has 0 saturated heterocycles. The zero-order valence-corrected chi connectivity index (χ0v) is 12.1. The molecule has 0 aliphatic heterocycles. The summed E-state index contributed by atoms with van der Waals surface area (Å²) in [5, 5.41) is 1.02. The van der Waals surface area contributed by atoms with E-state index in [0.717, 1.165) is 17.5 Å². The quantitative estimate of drug-likeness (QED) is 0.453. The monoisotopic (exact) mass is 350 g/mol. The van der Waals surface area contributed by atoms with E-state index in [2.05, 4.69) is 0 Å². The van der Waals surface area contributed by atoms with Crippen LogP contribution in [-0.4, -0.2) is 4.21 Å². The van der Waals surface area contributed by atoms with Crippen molar-refractivity contribution in [3.05, 3.63) is 75.7 Å². The standard InChI is InChI=1S/C15H8F6OS/c16-9-3-1-8(2-4-9)5-6-23(22)7-10-11(17)13(19)15(21)14(20)12(10)18/h1-6H,7H2/b6-5+. The Morgan fingerprint density at radius 2 is 1.26 bits per heavy atom. The van der Waals surface area contributed by atoms with Crippen LogP contribution in [-0.2, 0) is 16.6 Å². The van der Waals surface area contributed by atoms with E-state index >= 15 is 0 Å². The second-order valence-corrected chi connectivity index (χ2v) is 5.75. The van der Waals surface area contributed by atoms with Gasteiger partial charge in [0.15, 0.2) is 23.3 Å². The molecule has 0 saturated carbocycles. The first-order valence-corrected chi connectivity index (χ1v) is 7.50. The highest BCUT2D eigenvalue weighted by Gasteiger charge is 2.26. The van der Waals surface area contributed by atoms with Crippen LogP contribution in [0.3, 0.4) is 0 Å². The molecule has 2 aromatic carbocycles. The van der Waals surface area contributed by atoms with E-state index in [9.17, 15) is 30.6 Å².